The maximum absolute atomic E-state index is 10.0. The molecule has 0 aliphatic carbocycles. The number of likely N-dealkylation sites (tertiary alicyclic amines) is 1. The van der Waals surface area contributed by atoms with Crippen LogP contribution in [0.4, 0.5) is 0 Å². The van der Waals surface area contributed by atoms with Gasteiger partial charge in [0.05, 0.1) is 19.8 Å². The summed E-state index contributed by atoms with van der Waals surface area (Å²) in [7, 11) is 1.66. The van der Waals surface area contributed by atoms with Crippen LogP contribution < -0.4 is 4.74 Å². The van der Waals surface area contributed by atoms with Gasteiger partial charge in [-0.1, -0.05) is 12.1 Å². The zero-order valence-corrected chi connectivity index (χ0v) is 12.0. The minimum absolute atomic E-state index is 0.166. The Hall–Kier alpha value is -1.98. The van der Waals surface area contributed by atoms with Gasteiger partial charge < -0.3 is 9.84 Å². The van der Waals surface area contributed by atoms with Gasteiger partial charge in [0, 0.05) is 25.0 Å². The summed E-state index contributed by atoms with van der Waals surface area (Å²) in [4.78, 5) is 10.8. The molecule has 110 valence electrons. The number of hydrogen-bond donors (Lipinski definition) is 1. The first-order valence-electron chi connectivity index (χ1n) is 7.08. The van der Waals surface area contributed by atoms with Crippen molar-refractivity contribution in [3.8, 4) is 5.75 Å². The molecule has 1 aromatic heterocycles. The zero-order chi connectivity index (χ0) is 14.7. The summed E-state index contributed by atoms with van der Waals surface area (Å²) in [5.41, 5.74) is 1.15. The van der Waals surface area contributed by atoms with Crippen molar-refractivity contribution in [2.45, 2.75) is 25.1 Å². The quantitative estimate of drug-likeness (QED) is 0.928. The molecule has 1 aliphatic heterocycles. The van der Waals surface area contributed by atoms with Gasteiger partial charge in [-0.3, -0.25) is 4.90 Å². The Morgan fingerprint density at radius 1 is 1.29 bits per heavy atom. The van der Waals surface area contributed by atoms with E-state index in [4.69, 9.17) is 4.74 Å². The highest BCUT2D eigenvalue weighted by atomic mass is 16.5. The monoisotopic (exact) mass is 285 g/mol. The molecule has 0 unspecified atom stereocenters. The van der Waals surface area contributed by atoms with Crippen LogP contribution in [-0.2, 0) is 6.54 Å². The van der Waals surface area contributed by atoms with Gasteiger partial charge in [0.1, 0.15) is 11.6 Å². The molecule has 21 heavy (non-hydrogen) atoms. The first-order chi connectivity index (χ1) is 10.3. The van der Waals surface area contributed by atoms with Crippen LogP contribution in [-0.4, -0.2) is 39.7 Å². The highest BCUT2D eigenvalue weighted by Crippen LogP contribution is 2.34. The van der Waals surface area contributed by atoms with E-state index < -0.39 is 0 Å². The molecule has 1 aromatic carbocycles. The molecule has 5 heteroatoms. The number of methoxy groups -OCH3 is 1. The lowest BCUT2D eigenvalue weighted by Gasteiger charge is -2.23. The molecule has 0 amide bonds. The summed E-state index contributed by atoms with van der Waals surface area (Å²) < 4.78 is 5.29. The number of aliphatic hydroxyl groups excluding tert-OH is 1. The smallest absolute Gasteiger partial charge is 0.142 e. The van der Waals surface area contributed by atoms with Crippen LogP contribution in [0.25, 0.3) is 0 Å². The fourth-order valence-electron chi connectivity index (χ4n) is 2.84. The molecule has 3 rings (SSSR count). The third-order valence-corrected chi connectivity index (χ3v) is 3.82. The molecule has 0 radical (unpaired) electrons. The second kappa shape index (κ2) is 6.20. The summed E-state index contributed by atoms with van der Waals surface area (Å²) in [6.07, 6.45) is 3.90. The van der Waals surface area contributed by atoms with E-state index in [2.05, 4.69) is 20.9 Å². The molecule has 2 atom stereocenters. The highest BCUT2D eigenvalue weighted by Gasteiger charge is 2.32. The number of aromatic nitrogens is 2. The molecule has 1 N–H and O–H groups in total. The highest BCUT2D eigenvalue weighted by molar-refractivity contribution is 5.31. The molecular formula is C16H19N3O2. The maximum atomic E-state index is 10.0. The predicted octanol–water partition coefficient (Wildman–Crippen LogP) is 1.79. The van der Waals surface area contributed by atoms with Gasteiger partial charge in [-0.2, -0.15) is 0 Å². The van der Waals surface area contributed by atoms with Gasteiger partial charge in [0.2, 0.25) is 0 Å². The molecule has 1 saturated heterocycles. The first-order valence-corrected chi connectivity index (χ1v) is 7.08. The minimum Gasteiger partial charge on any atom is -0.497 e. The molecule has 2 aromatic rings. The Labute approximate surface area is 124 Å². The van der Waals surface area contributed by atoms with E-state index in [-0.39, 0.29) is 12.1 Å². The van der Waals surface area contributed by atoms with E-state index in [0.29, 0.717) is 13.1 Å². The largest absolute Gasteiger partial charge is 0.497 e. The van der Waals surface area contributed by atoms with Crippen LogP contribution in [0.1, 0.15) is 23.9 Å². The molecule has 2 heterocycles. The lowest BCUT2D eigenvalue weighted by atomic mass is 10.0. The summed E-state index contributed by atoms with van der Waals surface area (Å²) in [6.45, 7) is 1.28. The Morgan fingerprint density at radius 2 is 2.10 bits per heavy atom. The van der Waals surface area contributed by atoms with Crippen molar-refractivity contribution in [1.82, 2.24) is 14.9 Å². The summed E-state index contributed by atoms with van der Waals surface area (Å²) in [5.74, 6) is 1.62. The molecule has 1 fully saturated rings. The Morgan fingerprint density at radius 3 is 2.86 bits per heavy atom. The second-order valence-electron chi connectivity index (χ2n) is 5.28. The summed E-state index contributed by atoms with van der Waals surface area (Å²) >= 11 is 0. The number of β-amino-alcohol motifs (C(OH)–C–C–N with tert-alkyl or cyclic N) is 1. The van der Waals surface area contributed by atoms with Crippen molar-refractivity contribution in [1.29, 1.82) is 0 Å². The van der Waals surface area contributed by atoms with Crippen molar-refractivity contribution in [2.75, 3.05) is 13.7 Å². The van der Waals surface area contributed by atoms with Crippen LogP contribution >= 0.6 is 0 Å². The standard InChI is InChI=1S/C16H19N3O2/c1-21-14-5-2-4-12(8-14)15-9-13(20)10-19(15)11-16-17-6-3-7-18-16/h2-8,13,15,20H,9-11H2,1H3/t13-,15-/m0/s1. The van der Waals surface area contributed by atoms with E-state index in [9.17, 15) is 5.11 Å². The molecular weight excluding hydrogens is 266 g/mol. The Bertz CT molecular complexity index is 591. The topological polar surface area (TPSA) is 58.5 Å². The van der Waals surface area contributed by atoms with Crippen molar-refractivity contribution < 1.29 is 9.84 Å². The maximum Gasteiger partial charge on any atom is 0.142 e. The number of ether oxygens (including phenoxy) is 1. The van der Waals surface area contributed by atoms with Crippen molar-refractivity contribution in [2.24, 2.45) is 0 Å². The average molecular weight is 285 g/mol. The van der Waals surface area contributed by atoms with Crippen LogP contribution in [0.2, 0.25) is 0 Å². The van der Waals surface area contributed by atoms with Crippen molar-refractivity contribution in [3.05, 3.63) is 54.1 Å². The lowest BCUT2D eigenvalue weighted by Crippen LogP contribution is -2.25. The number of nitrogens with zero attached hydrogens (tertiary/aromatic N) is 3. The van der Waals surface area contributed by atoms with Crippen molar-refractivity contribution in [3.63, 3.8) is 0 Å². The van der Waals surface area contributed by atoms with Gasteiger partial charge in [0.15, 0.2) is 0 Å². The molecule has 1 aliphatic rings. The lowest BCUT2D eigenvalue weighted by molar-refractivity contribution is 0.171. The zero-order valence-electron chi connectivity index (χ0n) is 12.0. The van der Waals surface area contributed by atoms with Crippen LogP contribution in [0.3, 0.4) is 0 Å². The van der Waals surface area contributed by atoms with E-state index >= 15 is 0 Å². The molecule has 0 spiro atoms. The van der Waals surface area contributed by atoms with Crippen LogP contribution in [0.5, 0.6) is 5.75 Å². The van der Waals surface area contributed by atoms with Crippen LogP contribution in [0, 0.1) is 0 Å². The minimum atomic E-state index is -0.315. The van der Waals surface area contributed by atoms with Crippen molar-refractivity contribution >= 4 is 0 Å². The number of rotatable bonds is 4. The van der Waals surface area contributed by atoms with Gasteiger partial charge in [-0.15, -0.1) is 0 Å². The van der Waals surface area contributed by atoms with Crippen LogP contribution in [0.15, 0.2) is 42.7 Å². The second-order valence-corrected chi connectivity index (χ2v) is 5.28. The van der Waals surface area contributed by atoms with Gasteiger partial charge >= 0.3 is 0 Å². The molecule has 5 nitrogen and oxygen atoms in total. The summed E-state index contributed by atoms with van der Waals surface area (Å²) in [5, 5.41) is 10.0. The molecule has 0 bridgehead atoms. The van der Waals surface area contributed by atoms with E-state index in [0.717, 1.165) is 23.6 Å². The fraction of sp³-hybridized carbons (Fsp3) is 0.375. The van der Waals surface area contributed by atoms with E-state index in [1.54, 1.807) is 19.5 Å². The number of hydrogen-bond acceptors (Lipinski definition) is 5. The van der Waals surface area contributed by atoms with E-state index in [1.807, 2.05) is 24.3 Å². The number of aliphatic hydroxyl groups is 1. The van der Waals surface area contributed by atoms with Gasteiger partial charge in [-0.05, 0) is 30.2 Å². The van der Waals surface area contributed by atoms with Gasteiger partial charge in [-0.25, -0.2) is 9.97 Å². The molecule has 0 saturated carbocycles. The van der Waals surface area contributed by atoms with Gasteiger partial charge in [0.25, 0.3) is 0 Å². The normalized spacial score (nSPS) is 22.4. The predicted molar refractivity (Wildman–Crippen MR) is 78.8 cm³/mol. The third-order valence-electron chi connectivity index (χ3n) is 3.82. The third kappa shape index (κ3) is 3.20. The number of benzene rings is 1. The Kier molecular flexibility index (Phi) is 4.13. The van der Waals surface area contributed by atoms with E-state index in [1.165, 1.54) is 0 Å². The SMILES string of the molecule is COc1cccc([C@@H]2C[C@H](O)CN2Cc2ncccn2)c1. The fourth-order valence-corrected chi connectivity index (χ4v) is 2.84. The Balaban J connectivity index is 1.81. The average Bonchev–Trinajstić information content (AvgIpc) is 2.89. The summed E-state index contributed by atoms with van der Waals surface area (Å²) in [6, 6.07) is 9.99. The first kappa shape index (κ1) is 14.0.